The number of esters is 3. The van der Waals surface area contributed by atoms with Gasteiger partial charge in [0.1, 0.15) is 13.2 Å². The van der Waals surface area contributed by atoms with Crippen molar-refractivity contribution >= 4 is 17.9 Å². The predicted molar refractivity (Wildman–Crippen MR) is 252 cm³/mol. The third kappa shape index (κ3) is 46.8. The summed E-state index contributed by atoms with van der Waals surface area (Å²) >= 11 is 0. The molecule has 0 N–H and O–H groups in total. The molecule has 0 amide bonds. The quantitative estimate of drug-likeness (QED) is 0.0263. The van der Waals surface area contributed by atoms with Gasteiger partial charge in [-0.1, -0.05) is 238 Å². The molecule has 0 rings (SSSR count). The molecule has 0 aromatic heterocycles. The van der Waals surface area contributed by atoms with Crippen LogP contribution in [0.4, 0.5) is 0 Å². The molecule has 0 spiro atoms. The summed E-state index contributed by atoms with van der Waals surface area (Å²) in [7, 11) is 0. The fourth-order valence-electron chi connectivity index (χ4n) is 7.54. The van der Waals surface area contributed by atoms with Crippen LogP contribution < -0.4 is 0 Å². The largest absolute Gasteiger partial charge is 0.462 e. The van der Waals surface area contributed by atoms with Gasteiger partial charge in [-0.3, -0.25) is 14.4 Å². The van der Waals surface area contributed by atoms with Crippen LogP contribution in [0.25, 0.3) is 0 Å². The molecule has 59 heavy (non-hydrogen) atoms. The summed E-state index contributed by atoms with van der Waals surface area (Å²) < 4.78 is 16.6. The van der Waals surface area contributed by atoms with Crippen molar-refractivity contribution in [2.75, 3.05) is 13.2 Å². The van der Waals surface area contributed by atoms with Crippen LogP contribution in [0.1, 0.15) is 278 Å². The van der Waals surface area contributed by atoms with Crippen molar-refractivity contribution in [1.29, 1.82) is 0 Å². The minimum atomic E-state index is -0.770. The molecule has 1 atom stereocenters. The van der Waals surface area contributed by atoms with E-state index in [4.69, 9.17) is 14.2 Å². The Morgan fingerprint density at radius 2 is 0.644 bits per heavy atom. The molecule has 0 fully saturated rings. The summed E-state index contributed by atoms with van der Waals surface area (Å²) in [5, 5.41) is 0. The standard InChI is InChI=1S/C53H98O6/c1-4-7-10-13-15-17-19-21-22-23-24-25-26-27-28-29-30-32-33-35-37-40-43-46-52(55)58-49-50(48-57-51(54)45-42-39-12-9-6-3)59-53(56)47-44-41-38-36-34-31-20-18-16-14-11-8-5-2/h11,14,18,20,50H,4-10,12-13,15-17,19,21-49H2,1-3H3/b14-11-,20-18-. The van der Waals surface area contributed by atoms with Crippen molar-refractivity contribution in [3.05, 3.63) is 24.3 Å². The second-order valence-electron chi connectivity index (χ2n) is 17.4. The number of allylic oxidation sites excluding steroid dienone is 4. The fourth-order valence-corrected chi connectivity index (χ4v) is 7.54. The van der Waals surface area contributed by atoms with Crippen LogP contribution in [-0.2, 0) is 28.6 Å². The third-order valence-electron chi connectivity index (χ3n) is 11.4. The van der Waals surface area contributed by atoms with Gasteiger partial charge in [0.2, 0.25) is 0 Å². The highest BCUT2D eigenvalue weighted by Crippen LogP contribution is 2.16. The Balaban J connectivity index is 4.04. The summed E-state index contributed by atoms with van der Waals surface area (Å²) in [5.41, 5.74) is 0. The zero-order valence-corrected chi connectivity index (χ0v) is 39.5. The van der Waals surface area contributed by atoms with Crippen LogP contribution in [-0.4, -0.2) is 37.2 Å². The Hall–Kier alpha value is -2.11. The lowest BCUT2D eigenvalue weighted by atomic mass is 10.0. The number of carbonyl (C=O) groups is 3. The van der Waals surface area contributed by atoms with Crippen molar-refractivity contribution in [3.63, 3.8) is 0 Å². The van der Waals surface area contributed by atoms with Gasteiger partial charge in [-0.05, 0) is 44.9 Å². The topological polar surface area (TPSA) is 78.9 Å². The van der Waals surface area contributed by atoms with Gasteiger partial charge >= 0.3 is 17.9 Å². The van der Waals surface area contributed by atoms with Gasteiger partial charge in [-0.15, -0.1) is 0 Å². The Kier molecular flexibility index (Phi) is 46.8. The number of carbonyl (C=O) groups excluding carboxylic acids is 3. The fraction of sp³-hybridized carbons (Fsp3) is 0.868. The van der Waals surface area contributed by atoms with Crippen molar-refractivity contribution in [2.24, 2.45) is 0 Å². The molecule has 1 unspecified atom stereocenters. The molecule has 0 radical (unpaired) electrons. The Morgan fingerprint density at radius 3 is 1.00 bits per heavy atom. The molecule has 0 aliphatic rings. The molecular weight excluding hydrogens is 733 g/mol. The maximum atomic E-state index is 12.7. The summed E-state index contributed by atoms with van der Waals surface area (Å²) in [6, 6.07) is 0. The summed E-state index contributed by atoms with van der Waals surface area (Å²) in [6.07, 6.45) is 55.0. The van der Waals surface area contributed by atoms with Gasteiger partial charge in [0.05, 0.1) is 0 Å². The maximum absolute atomic E-state index is 12.7. The lowest BCUT2D eigenvalue weighted by Crippen LogP contribution is -2.30. The average molecular weight is 831 g/mol. The van der Waals surface area contributed by atoms with E-state index in [-0.39, 0.29) is 31.1 Å². The number of rotatable bonds is 47. The first kappa shape index (κ1) is 56.9. The number of unbranched alkanes of at least 4 members (excludes halogenated alkanes) is 32. The van der Waals surface area contributed by atoms with Gasteiger partial charge in [0.25, 0.3) is 0 Å². The molecule has 0 aromatic carbocycles. The highest BCUT2D eigenvalue weighted by molar-refractivity contribution is 5.71. The average Bonchev–Trinajstić information content (AvgIpc) is 3.23. The van der Waals surface area contributed by atoms with E-state index in [2.05, 4.69) is 45.1 Å². The highest BCUT2D eigenvalue weighted by atomic mass is 16.6. The van der Waals surface area contributed by atoms with Crippen LogP contribution in [0.15, 0.2) is 24.3 Å². The number of hydrogen-bond donors (Lipinski definition) is 0. The van der Waals surface area contributed by atoms with Gasteiger partial charge < -0.3 is 14.2 Å². The maximum Gasteiger partial charge on any atom is 0.306 e. The van der Waals surface area contributed by atoms with Crippen LogP contribution in [0.5, 0.6) is 0 Å². The van der Waals surface area contributed by atoms with Crippen LogP contribution >= 0.6 is 0 Å². The SMILES string of the molecule is CCC/C=C\C/C=C\CCCCCCCC(=O)OC(COC(=O)CCCCCCC)COC(=O)CCCCCCCCCCCCCCCCCCCCCCCCC. The summed E-state index contributed by atoms with van der Waals surface area (Å²) in [5.74, 6) is -0.892. The van der Waals surface area contributed by atoms with Gasteiger partial charge in [0, 0.05) is 19.3 Å². The molecule has 0 bridgehead atoms. The first-order valence-corrected chi connectivity index (χ1v) is 25.8. The van der Waals surface area contributed by atoms with Crippen molar-refractivity contribution in [1.82, 2.24) is 0 Å². The lowest BCUT2D eigenvalue weighted by molar-refractivity contribution is -0.167. The summed E-state index contributed by atoms with van der Waals surface area (Å²) in [4.78, 5) is 37.6. The van der Waals surface area contributed by atoms with E-state index >= 15 is 0 Å². The van der Waals surface area contributed by atoms with E-state index in [1.165, 1.54) is 141 Å². The Labute approximate surface area is 366 Å². The first-order chi connectivity index (χ1) is 29.0. The second kappa shape index (κ2) is 48.6. The predicted octanol–water partition coefficient (Wildman–Crippen LogP) is 16.8. The van der Waals surface area contributed by atoms with Gasteiger partial charge in [-0.25, -0.2) is 0 Å². The Morgan fingerprint density at radius 1 is 0.339 bits per heavy atom. The van der Waals surface area contributed by atoms with E-state index < -0.39 is 6.10 Å². The molecule has 0 aliphatic carbocycles. The van der Waals surface area contributed by atoms with Crippen LogP contribution in [0, 0.1) is 0 Å². The number of ether oxygens (including phenoxy) is 3. The molecule has 0 saturated heterocycles. The molecule has 0 heterocycles. The van der Waals surface area contributed by atoms with Gasteiger partial charge in [0.15, 0.2) is 6.10 Å². The monoisotopic (exact) mass is 831 g/mol. The Bertz CT molecular complexity index is 958. The molecule has 346 valence electrons. The normalized spacial score (nSPS) is 12.1. The zero-order valence-electron chi connectivity index (χ0n) is 39.5. The van der Waals surface area contributed by atoms with E-state index in [9.17, 15) is 14.4 Å². The molecule has 0 saturated carbocycles. The zero-order chi connectivity index (χ0) is 43.0. The summed E-state index contributed by atoms with van der Waals surface area (Å²) in [6.45, 7) is 6.50. The number of hydrogen-bond acceptors (Lipinski definition) is 6. The molecule has 6 heteroatoms. The van der Waals surface area contributed by atoms with Gasteiger partial charge in [-0.2, -0.15) is 0 Å². The van der Waals surface area contributed by atoms with Crippen molar-refractivity contribution in [2.45, 2.75) is 284 Å². The highest BCUT2D eigenvalue weighted by Gasteiger charge is 2.19. The van der Waals surface area contributed by atoms with Crippen LogP contribution in [0.3, 0.4) is 0 Å². The minimum absolute atomic E-state index is 0.0738. The van der Waals surface area contributed by atoms with Crippen molar-refractivity contribution < 1.29 is 28.6 Å². The van der Waals surface area contributed by atoms with E-state index in [0.29, 0.717) is 19.3 Å². The first-order valence-electron chi connectivity index (χ1n) is 25.8. The van der Waals surface area contributed by atoms with E-state index in [1.807, 2.05) is 0 Å². The lowest BCUT2D eigenvalue weighted by Gasteiger charge is -2.18. The van der Waals surface area contributed by atoms with Crippen LogP contribution in [0.2, 0.25) is 0 Å². The minimum Gasteiger partial charge on any atom is -0.462 e. The second-order valence-corrected chi connectivity index (χ2v) is 17.4. The third-order valence-corrected chi connectivity index (χ3v) is 11.4. The molecule has 0 aliphatic heterocycles. The van der Waals surface area contributed by atoms with E-state index in [0.717, 1.165) is 96.3 Å². The smallest absolute Gasteiger partial charge is 0.306 e. The molecule has 6 nitrogen and oxygen atoms in total. The van der Waals surface area contributed by atoms with Crippen molar-refractivity contribution in [3.8, 4) is 0 Å². The molecule has 0 aromatic rings. The van der Waals surface area contributed by atoms with E-state index in [1.54, 1.807) is 0 Å². The molecular formula is C53H98O6.